The first kappa shape index (κ1) is 13.4. The van der Waals surface area contributed by atoms with Gasteiger partial charge in [0.15, 0.2) is 5.57 Å². The van der Waals surface area contributed by atoms with Crippen LogP contribution in [0.3, 0.4) is 0 Å². The van der Waals surface area contributed by atoms with Crippen molar-refractivity contribution in [2.75, 3.05) is 5.32 Å². The van der Waals surface area contributed by atoms with Crippen molar-refractivity contribution in [2.24, 2.45) is 0 Å². The van der Waals surface area contributed by atoms with E-state index in [0.29, 0.717) is 10.7 Å². The predicted molar refractivity (Wildman–Crippen MR) is 69.4 cm³/mol. The second kappa shape index (κ2) is 4.93. The average molecular weight is 282 g/mol. The second-order valence-corrected chi connectivity index (χ2v) is 4.83. The van der Waals surface area contributed by atoms with Crippen molar-refractivity contribution in [1.29, 1.82) is 0 Å². The van der Waals surface area contributed by atoms with E-state index in [-0.39, 0.29) is 5.57 Å². The maximum Gasteiger partial charge on any atom is 0.350 e. The number of rotatable bonds is 2. The number of ether oxygens (including phenoxy) is 2. The Hall–Kier alpha value is -2.01. The van der Waals surface area contributed by atoms with Crippen LogP contribution in [0.2, 0.25) is 5.02 Å². The van der Waals surface area contributed by atoms with E-state index in [0.717, 1.165) is 0 Å². The molecule has 0 atom stereocenters. The lowest BCUT2D eigenvalue weighted by Gasteiger charge is -2.29. The number of anilines is 1. The van der Waals surface area contributed by atoms with Gasteiger partial charge in [-0.15, -0.1) is 0 Å². The Morgan fingerprint density at radius 3 is 2.42 bits per heavy atom. The molecule has 19 heavy (non-hydrogen) atoms. The summed E-state index contributed by atoms with van der Waals surface area (Å²) in [5.41, 5.74) is 0.449. The summed E-state index contributed by atoms with van der Waals surface area (Å²) >= 11 is 5.82. The molecule has 1 fully saturated rings. The topological polar surface area (TPSA) is 64.6 Å². The predicted octanol–water partition coefficient (Wildman–Crippen LogP) is 2.47. The number of benzene rings is 1. The van der Waals surface area contributed by atoms with Crippen LogP contribution < -0.4 is 5.32 Å². The number of nitrogens with one attached hydrogen (secondary N) is 1. The van der Waals surface area contributed by atoms with Crippen molar-refractivity contribution in [3.8, 4) is 0 Å². The van der Waals surface area contributed by atoms with Crippen LogP contribution in [-0.4, -0.2) is 17.7 Å². The van der Waals surface area contributed by atoms with Crippen molar-refractivity contribution in [1.82, 2.24) is 0 Å². The van der Waals surface area contributed by atoms with Crippen LogP contribution in [0.5, 0.6) is 0 Å². The summed E-state index contributed by atoms with van der Waals surface area (Å²) in [6, 6.07) is 6.85. The van der Waals surface area contributed by atoms with E-state index in [1.165, 1.54) is 20.0 Å². The van der Waals surface area contributed by atoms with E-state index in [2.05, 4.69) is 5.32 Å². The molecule has 1 saturated heterocycles. The van der Waals surface area contributed by atoms with Gasteiger partial charge >= 0.3 is 11.9 Å². The molecular weight excluding hydrogens is 270 g/mol. The maximum absolute atomic E-state index is 11.7. The third-order valence-corrected chi connectivity index (χ3v) is 2.56. The molecule has 100 valence electrons. The van der Waals surface area contributed by atoms with Crippen LogP contribution in [-0.2, 0) is 19.1 Å². The fourth-order valence-electron chi connectivity index (χ4n) is 1.51. The number of carbonyl (C=O) groups is 2. The Morgan fingerprint density at radius 2 is 1.84 bits per heavy atom. The first-order chi connectivity index (χ1) is 8.87. The van der Waals surface area contributed by atoms with Crippen LogP contribution in [0.15, 0.2) is 36.0 Å². The Balaban J connectivity index is 2.15. The summed E-state index contributed by atoms with van der Waals surface area (Å²) in [4.78, 5) is 23.3. The highest BCUT2D eigenvalue weighted by Gasteiger charge is 2.38. The Kier molecular flexibility index (Phi) is 3.48. The van der Waals surface area contributed by atoms with Gasteiger partial charge in [0.05, 0.1) is 0 Å². The minimum Gasteiger partial charge on any atom is -0.419 e. The van der Waals surface area contributed by atoms with E-state index >= 15 is 0 Å². The normalized spacial score (nSPS) is 17.5. The first-order valence-electron chi connectivity index (χ1n) is 5.56. The highest BCUT2D eigenvalue weighted by molar-refractivity contribution is 6.30. The van der Waals surface area contributed by atoms with Crippen LogP contribution in [0.25, 0.3) is 0 Å². The molecule has 2 rings (SSSR count). The van der Waals surface area contributed by atoms with Crippen molar-refractivity contribution in [3.63, 3.8) is 0 Å². The van der Waals surface area contributed by atoms with Crippen molar-refractivity contribution >= 4 is 29.2 Å². The molecule has 5 nitrogen and oxygen atoms in total. The third kappa shape index (κ3) is 3.26. The molecule has 1 aliphatic heterocycles. The molecule has 0 amide bonds. The number of cyclic esters (lactones) is 2. The van der Waals surface area contributed by atoms with Crippen LogP contribution in [0, 0.1) is 0 Å². The minimum absolute atomic E-state index is 0.195. The van der Waals surface area contributed by atoms with E-state index in [1.807, 2.05) is 0 Å². The van der Waals surface area contributed by atoms with E-state index in [4.69, 9.17) is 21.1 Å². The van der Waals surface area contributed by atoms with Gasteiger partial charge < -0.3 is 14.8 Å². The van der Waals surface area contributed by atoms with E-state index in [9.17, 15) is 9.59 Å². The SMILES string of the molecule is CC1(C)OC(=O)C(=CNc2cccc(Cl)c2)C(=O)O1. The molecule has 1 aliphatic rings. The molecule has 1 aromatic carbocycles. The summed E-state index contributed by atoms with van der Waals surface area (Å²) in [7, 11) is 0. The van der Waals surface area contributed by atoms with Crippen LogP contribution in [0.1, 0.15) is 13.8 Å². The molecule has 1 aromatic rings. The number of hydrogen-bond donors (Lipinski definition) is 1. The monoisotopic (exact) mass is 281 g/mol. The van der Waals surface area contributed by atoms with Gasteiger partial charge in [-0.1, -0.05) is 17.7 Å². The summed E-state index contributed by atoms with van der Waals surface area (Å²) < 4.78 is 9.91. The van der Waals surface area contributed by atoms with Crippen molar-refractivity contribution in [2.45, 2.75) is 19.6 Å². The summed E-state index contributed by atoms with van der Waals surface area (Å²) in [5.74, 6) is -2.69. The summed E-state index contributed by atoms with van der Waals surface area (Å²) in [5, 5.41) is 3.34. The van der Waals surface area contributed by atoms with Gasteiger partial charge in [-0.25, -0.2) is 9.59 Å². The highest BCUT2D eigenvalue weighted by atomic mass is 35.5. The first-order valence-corrected chi connectivity index (χ1v) is 5.94. The van der Waals surface area contributed by atoms with E-state index in [1.54, 1.807) is 24.3 Å². The second-order valence-electron chi connectivity index (χ2n) is 4.39. The average Bonchev–Trinajstić information content (AvgIpc) is 2.26. The lowest BCUT2D eigenvalue weighted by atomic mass is 10.2. The third-order valence-electron chi connectivity index (χ3n) is 2.32. The van der Waals surface area contributed by atoms with Crippen molar-refractivity contribution < 1.29 is 19.1 Å². The van der Waals surface area contributed by atoms with Crippen LogP contribution in [0.4, 0.5) is 5.69 Å². The molecular formula is C13H12ClNO4. The number of hydrogen-bond acceptors (Lipinski definition) is 5. The molecule has 0 saturated carbocycles. The Labute approximate surface area is 115 Å². The lowest BCUT2D eigenvalue weighted by molar-refractivity contribution is -0.222. The molecule has 0 spiro atoms. The maximum atomic E-state index is 11.7. The van der Waals surface area contributed by atoms with Gasteiger partial charge in [0.2, 0.25) is 0 Å². The Morgan fingerprint density at radius 1 is 1.21 bits per heavy atom. The Bertz CT molecular complexity index is 544. The minimum atomic E-state index is -1.23. The lowest BCUT2D eigenvalue weighted by Crippen LogP contribution is -2.42. The molecule has 1 N–H and O–H groups in total. The summed E-state index contributed by atoms with van der Waals surface area (Å²) in [6.45, 7) is 2.98. The van der Waals surface area contributed by atoms with Crippen molar-refractivity contribution in [3.05, 3.63) is 41.1 Å². The molecule has 0 bridgehead atoms. The zero-order chi connectivity index (χ0) is 14.0. The molecule has 1 heterocycles. The fourth-order valence-corrected chi connectivity index (χ4v) is 1.70. The standard InChI is InChI=1S/C13H12ClNO4/c1-13(2)18-11(16)10(12(17)19-13)7-15-9-5-3-4-8(14)6-9/h3-7,15H,1-2H3. The van der Waals surface area contributed by atoms with Gasteiger partial charge in [0, 0.05) is 30.8 Å². The quantitative estimate of drug-likeness (QED) is 0.512. The van der Waals surface area contributed by atoms with Gasteiger partial charge in [-0.2, -0.15) is 0 Å². The highest BCUT2D eigenvalue weighted by Crippen LogP contribution is 2.23. The molecule has 0 aliphatic carbocycles. The van der Waals surface area contributed by atoms with Crippen LogP contribution >= 0.6 is 11.6 Å². The zero-order valence-corrected chi connectivity index (χ0v) is 11.2. The largest absolute Gasteiger partial charge is 0.419 e. The zero-order valence-electron chi connectivity index (χ0n) is 10.4. The molecule has 0 unspecified atom stereocenters. The molecule has 0 aromatic heterocycles. The van der Waals surface area contributed by atoms with Gasteiger partial charge in [-0.05, 0) is 18.2 Å². The number of halogens is 1. The van der Waals surface area contributed by atoms with E-state index < -0.39 is 17.7 Å². The number of esters is 2. The molecule has 6 heteroatoms. The smallest absolute Gasteiger partial charge is 0.350 e. The molecule has 0 radical (unpaired) electrons. The summed E-state index contributed by atoms with van der Waals surface area (Å²) in [6.07, 6.45) is 1.24. The van der Waals surface area contributed by atoms with Gasteiger partial charge in [-0.3, -0.25) is 0 Å². The number of carbonyl (C=O) groups excluding carboxylic acids is 2. The fraction of sp³-hybridized carbons (Fsp3) is 0.231. The van der Waals surface area contributed by atoms with Gasteiger partial charge in [0.25, 0.3) is 5.79 Å². The van der Waals surface area contributed by atoms with Gasteiger partial charge in [0.1, 0.15) is 0 Å².